The van der Waals surface area contributed by atoms with Crippen molar-refractivity contribution < 1.29 is 0 Å². The Balaban J connectivity index is 0.00000243. The Hall–Kier alpha value is -2.38. The second kappa shape index (κ2) is 8.33. The van der Waals surface area contributed by atoms with Gasteiger partial charge in [-0.15, -0.1) is 12.4 Å². The Bertz CT molecular complexity index is 822. The van der Waals surface area contributed by atoms with Crippen molar-refractivity contribution in [3.8, 4) is 5.69 Å². The fraction of sp³-hybridized carbons (Fsp3) is 0.389. The van der Waals surface area contributed by atoms with Gasteiger partial charge in [-0.1, -0.05) is 12.1 Å². The highest BCUT2D eigenvalue weighted by molar-refractivity contribution is 5.85. The van der Waals surface area contributed by atoms with Gasteiger partial charge >= 0.3 is 0 Å². The van der Waals surface area contributed by atoms with E-state index in [-0.39, 0.29) is 18.4 Å². The second-order valence-electron chi connectivity index (χ2n) is 6.44. The van der Waals surface area contributed by atoms with Crippen molar-refractivity contribution in [3.05, 3.63) is 53.7 Å². The number of hydrogen-bond donors (Lipinski definition) is 1. The summed E-state index contributed by atoms with van der Waals surface area (Å²) >= 11 is 0. The van der Waals surface area contributed by atoms with Crippen molar-refractivity contribution in [1.82, 2.24) is 29.9 Å². The number of anilines is 1. The summed E-state index contributed by atoms with van der Waals surface area (Å²) in [4.78, 5) is 6.09. The molecule has 3 aromatic rings. The summed E-state index contributed by atoms with van der Waals surface area (Å²) in [6.45, 7) is 5.01. The summed E-state index contributed by atoms with van der Waals surface area (Å²) in [5.74, 6) is 1.14. The molecule has 0 amide bonds. The van der Waals surface area contributed by atoms with Gasteiger partial charge in [0, 0.05) is 39.3 Å². The van der Waals surface area contributed by atoms with Gasteiger partial charge in [0.2, 0.25) is 0 Å². The van der Waals surface area contributed by atoms with Crippen molar-refractivity contribution in [1.29, 1.82) is 0 Å². The van der Waals surface area contributed by atoms with Crippen LogP contribution in [-0.2, 0) is 13.6 Å². The average Bonchev–Trinajstić information content (AvgIpc) is 3.20. The zero-order chi connectivity index (χ0) is 18.0. The molecule has 0 aliphatic rings. The quantitative estimate of drug-likeness (QED) is 0.717. The van der Waals surface area contributed by atoms with Crippen LogP contribution in [0.1, 0.15) is 29.8 Å². The monoisotopic (exact) mass is 375 g/mol. The van der Waals surface area contributed by atoms with Crippen LogP contribution in [0.4, 0.5) is 5.82 Å². The lowest BCUT2D eigenvalue weighted by Gasteiger charge is -2.18. The molecule has 0 spiro atoms. The number of hydrogen-bond acceptors (Lipinski definition) is 5. The lowest BCUT2D eigenvalue weighted by molar-refractivity contribution is 0.573. The zero-order valence-electron chi connectivity index (χ0n) is 15.8. The minimum Gasteiger partial charge on any atom is -0.363 e. The fourth-order valence-electron chi connectivity index (χ4n) is 3.09. The lowest BCUT2D eigenvalue weighted by atomic mass is 10.1. The molecule has 2 heterocycles. The van der Waals surface area contributed by atoms with Crippen LogP contribution in [0.3, 0.4) is 0 Å². The first-order chi connectivity index (χ1) is 12.0. The summed E-state index contributed by atoms with van der Waals surface area (Å²) in [7, 11) is 6.08. The summed E-state index contributed by atoms with van der Waals surface area (Å²) < 4.78 is 3.69. The highest BCUT2D eigenvalue weighted by Crippen LogP contribution is 2.22. The standard InChI is InChI=1S/C18H25N7.ClH/c1-13(15-6-8-16(9-7-15)25-12-19-11-21-25)20-10-17-14(2)22-24(5)18(17)23(3)4;/h6-9,11-13,20H,10H2,1-5H3;1H. The number of halogens is 1. The number of benzene rings is 1. The molecule has 2 aromatic heterocycles. The van der Waals surface area contributed by atoms with E-state index < -0.39 is 0 Å². The molecule has 0 aliphatic carbocycles. The first kappa shape index (κ1) is 19.9. The molecular weight excluding hydrogens is 350 g/mol. The normalized spacial score (nSPS) is 11.9. The van der Waals surface area contributed by atoms with Crippen molar-refractivity contribution in [2.24, 2.45) is 7.05 Å². The van der Waals surface area contributed by atoms with Crippen molar-refractivity contribution in [2.75, 3.05) is 19.0 Å². The molecule has 26 heavy (non-hydrogen) atoms. The topological polar surface area (TPSA) is 63.8 Å². The van der Waals surface area contributed by atoms with E-state index in [2.05, 4.69) is 63.5 Å². The Morgan fingerprint density at radius 1 is 1.19 bits per heavy atom. The van der Waals surface area contributed by atoms with Crippen LogP contribution in [-0.4, -0.2) is 38.6 Å². The van der Waals surface area contributed by atoms with E-state index in [9.17, 15) is 0 Å². The molecule has 1 N–H and O–H groups in total. The maximum Gasteiger partial charge on any atom is 0.138 e. The summed E-state index contributed by atoms with van der Waals surface area (Å²) in [5.41, 5.74) is 4.54. The van der Waals surface area contributed by atoms with Crippen LogP contribution < -0.4 is 10.2 Å². The molecule has 0 aliphatic heterocycles. The van der Waals surface area contributed by atoms with Gasteiger partial charge in [0.1, 0.15) is 18.5 Å². The Morgan fingerprint density at radius 3 is 2.46 bits per heavy atom. The number of rotatable bonds is 6. The Kier molecular flexibility index (Phi) is 6.39. The van der Waals surface area contributed by atoms with E-state index >= 15 is 0 Å². The van der Waals surface area contributed by atoms with Gasteiger partial charge in [-0.05, 0) is 31.5 Å². The van der Waals surface area contributed by atoms with Crippen LogP contribution in [0.5, 0.6) is 0 Å². The number of nitrogens with zero attached hydrogens (tertiary/aromatic N) is 6. The van der Waals surface area contributed by atoms with E-state index in [4.69, 9.17) is 0 Å². The molecule has 1 unspecified atom stereocenters. The molecular formula is C18H26ClN7. The predicted octanol–water partition coefficient (Wildman–Crippen LogP) is 2.65. The van der Waals surface area contributed by atoms with Gasteiger partial charge in [-0.3, -0.25) is 4.68 Å². The molecule has 0 saturated carbocycles. The molecule has 1 atom stereocenters. The Morgan fingerprint density at radius 2 is 1.88 bits per heavy atom. The second-order valence-corrected chi connectivity index (χ2v) is 6.44. The van der Waals surface area contributed by atoms with Gasteiger partial charge in [-0.25, -0.2) is 9.67 Å². The van der Waals surface area contributed by atoms with Gasteiger partial charge in [-0.2, -0.15) is 10.2 Å². The van der Waals surface area contributed by atoms with Crippen molar-refractivity contribution in [2.45, 2.75) is 26.4 Å². The summed E-state index contributed by atoms with van der Waals surface area (Å²) in [5, 5.41) is 12.3. The fourth-order valence-corrected chi connectivity index (χ4v) is 3.09. The van der Waals surface area contributed by atoms with Crippen LogP contribution in [0, 0.1) is 6.92 Å². The van der Waals surface area contributed by atoms with E-state index in [1.165, 1.54) is 17.5 Å². The van der Waals surface area contributed by atoms with Crippen LogP contribution >= 0.6 is 12.4 Å². The van der Waals surface area contributed by atoms with Crippen molar-refractivity contribution >= 4 is 18.2 Å². The smallest absolute Gasteiger partial charge is 0.138 e. The van der Waals surface area contributed by atoms with Crippen LogP contribution in [0.25, 0.3) is 5.69 Å². The highest BCUT2D eigenvalue weighted by Gasteiger charge is 2.16. The molecule has 8 heteroatoms. The molecule has 1 aromatic carbocycles. The predicted molar refractivity (Wildman–Crippen MR) is 106 cm³/mol. The van der Waals surface area contributed by atoms with Crippen molar-refractivity contribution in [3.63, 3.8) is 0 Å². The number of aryl methyl sites for hydroxylation is 2. The third kappa shape index (κ3) is 4.05. The largest absolute Gasteiger partial charge is 0.363 e. The number of nitrogens with one attached hydrogen (secondary N) is 1. The molecule has 3 rings (SSSR count). The minimum atomic E-state index is 0. The first-order valence-corrected chi connectivity index (χ1v) is 8.35. The molecule has 140 valence electrons. The Labute approximate surface area is 160 Å². The lowest BCUT2D eigenvalue weighted by Crippen LogP contribution is -2.21. The van der Waals surface area contributed by atoms with E-state index in [1.807, 2.05) is 25.8 Å². The van der Waals surface area contributed by atoms with Gasteiger partial charge in [0.25, 0.3) is 0 Å². The van der Waals surface area contributed by atoms with E-state index in [1.54, 1.807) is 11.0 Å². The third-order valence-electron chi connectivity index (χ3n) is 4.40. The maximum atomic E-state index is 4.54. The van der Waals surface area contributed by atoms with Gasteiger partial charge < -0.3 is 10.2 Å². The SMILES string of the molecule is Cc1nn(C)c(N(C)C)c1CNC(C)c1ccc(-n2cncn2)cc1.Cl. The number of aromatic nitrogens is 5. The van der Waals surface area contributed by atoms with E-state index in [0.717, 1.165) is 23.7 Å². The molecule has 0 saturated heterocycles. The maximum absolute atomic E-state index is 4.54. The summed E-state index contributed by atoms with van der Waals surface area (Å²) in [6.07, 6.45) is 3.24. The molecule has 7 nitrogen and oxygen atoms in total. The molecule has 0 radical (unpaired) electrons. The third-order valence-corrected chi connectivity index (χ3v) is 4.40. The van der Waals surface area contributed by atoms with Crippen LogP contribution in [0.15, 0.2) is 36.9 Å². The first-order valence-electron chi connectivity index (χ1n) is 8.35. The summed E-state index contributed by atoms with van der Waals surface area (Å²) in [6, 6.07) is 8.60. The highest BCUT2D eigenvalue weighted by atomic mass is 35.5. The minimum absolute atomic E-state index is 0. The van der Waals surface area contributed by atoms with E-state index in [0.29, 0.717) is 0 Å². The molecule has 0 fully saturated rings. The zero-order valence-corrected chi connectivity index (χ0v) is 16.7. The average molecular weight is 376 g/mol. The van der Waals surface area contributed by atoms with Gasteiger partial charge in [0.05, 0.1) is 11.4 Å². The molecule has 0 bridgehead atoms. The van der Waals surface area contributed by atoms with Gasteiger partial charge in [0.15, 0.2) is 0 Å². The van der Waals surface area contributed by atoms with Crippen LogP contribution in [0.2, 0.25) is 0 Å².